The van der Waals surface area contributed by atoms with Gasteiger partial charge < -0.3 is 14.6 Å². The maximum atomic E-state index is 10.4. The lowest BCUT2D eigenvalue weighted by Gasteiger charge is -2.13. The van der Waals surface area contributed by atoms with E-state index in [0.29, 0.717) is 18.0 Å². The zero-order valence-corrected chi connectivity index (χ0v) is 15.2. The number of aromatic nitrogens is 2. The Kier molecular flexibility index (Phi) is 4.95. The summed E-state index contributed by atoms with van der Waals surface area (Å²) in [5.41, 5.74) is 4.77. The van der Waals surface area contributed by atoms with Crippen LogP contribution in [0, 0.1) is 13.8 Å². The van der Waals surface area contributed by atoms with E-state index in [4.69, 9.17) is 9.47 Å². The molecule has 5 nitrogen and oxygen atoms in total. The van der Waals surface area contributed by atoms with E-state index in [-0.39, 0.29) is 6.61 Å². The third-order valence-corrected chi connectivity index (χ3v) is 4.50. The van der Waals surface area contributed by atoms with Gasteiger partial charge in [-0.2, -0.15) is 0 Å². The SMILES string of the molecule is COc1ccccc1OC[C@@H](O)Cn1c[n+](C)c2cc(C)c(C)cc21. The molecule has 0 aliphatic heterocycles. The number of fused-ring (bicyclic) bond motifs is 1. The molecule has 1 aromatic heterocycles. The van der Waals surface area contributed by atoms with Crippen molar-refractivity contribution in [3.63, 3.8) is 0 Å². The highest BCUT2D eigenvalue weighted by Crippen LogP contribution is 2.26. The molecule has 3 aromatic rings. The first-order valence-corrected chi connectivity index (χ1v) is 8.39. The fraction of sp³-hybridized carbons (Fsp3) is 0.350. The summed E-state index contributed by atoms with van der Waals surface area (Å²) in [5, 5.41) is 10.4. The smallest absolute Gasteiger partial charge is 0.244 e. The number of nitrogens with zero attached hydrogens (tertiary/aromatic N) is 2. The van der Waals surface area contributed by atoms with Gasteiger partial charge in [0, 0.05) is 0 Å². The van der Waals surface area contributed by atoms with Gasteiger partial charge >= 0.3 is 0 Å². The molecule has 2 aromatic carbocycles. The van der Waals surface area contributed by atoms with E-state index in [0.717, 1.165) is 11.0 Å². The van der Waals surface area contributed by atoms with Crippen LogP contribution < -0.4 is 14.0 Å². The van der Waals surface area contributed by atoms with Crippen molar-refractivity contribution >= 4 is 11.0 Å². The fourth-order valence-corrected chi connectivity index (χ4v) is 2.98. The van der Waals surface area contributed by atoms with Crippen molar-refractivity contribution in [1.29, 1.82) is 0 Å². The Balaban J connectivity index is 1.74. The van der Waals surface area contributed by atoms with Gasteiger partial charge in [0.05, 0.1) is 14.2 Å². The zero-order chi connectivity index (χ0) is 18.0. The van der Waals surface area contributed by atoms with Gasteiger partial charge in [0.1, 0.15) is 19.3 Å². The van der Waals surface area contributed by atoms with E-state index < -0.39 is 6.10 Å². The lowest BCUT2D eigenvalue weighted by Crippen LogP contribution is -2.27. The van der Waals surface area contributed by atoms with Gasteiger partial charge in [-0.3, -0.25) is 0 Å². The lowest BCUT2D eigenvalue weighted by atomic mass is 10.1. The summed E-state index contributed by atoms with van der Waals surface area (Å²) in [6.07, 6.45) is 1.39. The molecule has 0 amide bonds. The van der Waals surface area contributed by atoms with Crippen LogP contribution in [0.2, 0.25) is 0 Å². The number of aryl methyl sites for hydroxylation is 3. The Morgan fingerprint density at radius 1 is 1.12 bits per heavy atom. The highest BCUT2D eigenvalue weighted by molar-refractivity contribution is 5.74. The van der Waals surface area contributed by atoms with Crippen LogP contribution in [0.3, 0.4) is 0 Å². The summed E-state index contributed by atoms with van der Waals surface area (Å²) in [7, 11) is 3.63. The molecule has 0 aliphatic carbocycles. The van der Waals surface area contributed by atoms with Crippen molar-refractivity contribution in [1.82, 2.24) is 4.57 Å². The maximum Gasteiger partial charge on any atom is 0.244 e. The third kappa shape index (κ3) is 3.61. The average Bonchev–Trinajstić information content (AvgIpc) is 2.89. The summed E-state index contributed by atoms with van der Waals surface area (Å²) < 4.78 is 15.1. The molecule has 0 fully saturated rings. The monoisotopic (exact) mass is 341 g/mol. The van der Waals surface area contributed by atoms with E-state index >= 15 is 0 Å². The Bertz CT molecular complexity index is 886. The Morgan fingerprint density at radius 2 is 1.80 bits per heavy atom. The second-order valence-corrected chi connectivity index (χ2v) is 6.42. The number of hydrogen-bond acceptors (Lipinski definition) is 3. The molecule has 5 heteroatoms. The minimum absolute atomic E-state index is 0.203. The molecule has 0 unspecified atom stereocenters. The number of imidazole rings is 1. The number of ether oxygens (including phenoxy) is 2. The van der Waals surface area contributed by atoms with Crippen LogP contribution in [0.15, 0.2) is 42.7 Å². The van der Waals surface area contributed by atoms with Gasteiger partial charge in [0.25, 0.3) is 0 Å². The van der Waals surface area contributed by atoms with E-state index in [1.807, 2.05) is 37.6 Å². The molecule has 1 heterocycles. The molecule has 1 N–H and O–H groups in total. The first-order valence-electron chi connectivity index (χ1n) is 8.39. The van der Waals surface area contributed by atoms with Gasteiger partial charge in [-0.1, -0.05) is 12.1 Å². The van der Waals surface area contributed by atoms with Crippen LogP contribution in [0.25, 0.3) is 11.0 Å². The molecule has 0 saturated heterocycles. The van der Waals surface area contributed by atoms with E-state index in [1.54, 1.807) is 7.11 Å². The Morgan fingerprint density at radius 3 is 2.52 bits per heavy atom. The number of hydrogen-bond donors (Lipinski definition) is 1. The summed E-state index contributed by atoms with van der Waals surface area (Å²) >= 11 is 0. The van der Waals surface area contributed by atoms with E-state index in [9.17, 15) is 5.11 Å². The van der Waals surface area contributed by atoms with Crippen LogP contribution in [-0.4, -0.2) is 29.5 Å². The van der Waals surface area contributed by atoms with Crippen molar-refractivity contribution in [2.75, 3.05) is 13.7 Å². The highest BCUT2D eigenvalue weighted by Gasteiger charge is 2.18. The number of aliphatic hydroxyl groups excluding tert-OH is 1. The Labute approximate surface area is 148 Å². The van der Waals surface area contributed by atoms with Gasteiger partial charge in [-0.05, 0) is 49.2 Å². The van der Waals surface area contributed by atoms with Crippen LogP contribution in [-0.2, 0) is 13.6 Å². The molecule has 0 spiro atoms. The number of rotatable bonds is 6. The predicted octanol–water partition coefficient (Wildman–Crippen LogP) is 2.53. The molecule has 1 atom stereocenters. The minimum Gasteiger partial charge on any atom is -0.493 e. The van der Waals surface area contributed by atoms with E-state index in [1.165, 1.54) is 11.1 Å². The van der Waals surface area contributed by atoms with Crippen LogP contribution in [0.4, 0.5) is 0 Å². The molecule has 132 valence electrons. The summed E-state index contributed by atoms with van der Waals surface area (Å²) in [6, 6.07) is 11.8. The summed E-state index contributed by atoms with van der Waals surface area (Å²) in [6.45, 7) is 4.89. The van der Waals surface area contributed by atoms with Crippen molar-refractivity contribution in [2.45, 2.75) is 26.5 Å². The lowest BCUT2D eigenvalue weighted by molar-refractivity contribution is -0.645. The fourth-order valence-electron chi connectivity index (χ4n) is 2.98. The minimum atomic E-state index is -0.623. The van der Waals surface area contributed by atoms with Crippen molar-refractivity contribution in [2.24, 2.45) is 7.05 Å². The topological polar surface area (TPSA) is 47.5 Å². The molecule has 0 aliphatic rings. The molecule has 0 radical (unpaired) electrons. The highest BCUT2D eigenvalue weighted by atomic mass is 16.5. The quantitative estimate of drug-likeness (QED) is 0.701. The van der Waals surface area contributed by atoms with E-state index in [2.05, 4.69) is 35.1 Å². The van der Waals surface area contributed by atoms with Crippen molar-refractivity contribution in [3.05, 3.63) is 53.9 Å². The largest absolute Gasteiger partial charge is 0.493 e. The Hall–Kier alpha value is -2.53. The first kappa shape index (κ1) is 17.3. The molecule has 0 bridgehead atoms. The predicted molar refractivity (Wildman–Crippen MR) is 97.1 cm³/mol. The maximum absolute atomic E-state index is 10.4. The van der Waals surface area contributed by atoms with Gasteiger partial charge in [-0.15, -0.1) is 0 Å². The number of benzene rings is 2. The average molecular weight is 341 g/mol. The van der Waals surface area contributed by atoms with Crippen molar-refractivity contribution in [3.8, 4) is 11.5 Å². The van der Waals surface area contributed by atoms with Gasteiger partial charge in [0.2, 0.25) is 6.33 Å². The van der Waals surface area contributed by atoms with Crippen LogP contribution in [0.1, 0.15) is 11.1 Å². The second-order valence-electron chi connectivity index (χ2n) is 6.42. The summed E-state index contributed by atoms with van der Waals surface area (Å²) in [4.78, 5) is 0. The number of methoxy groups -OCH3 is 1. The zero-order valence-electron chi connectivity index (χ0n) is 15.2. The molecular formula is C20H25N2O3+. The normalized spacial score (nSPS) is 12.4. The van der Waals surface area contributed by atoms with Crippen LogP contribution in [0.5, 0.6) is 11.5 Å². The standard InChI is InChI=1S/C20H25N2O3/c1-14-9-17-18(10-15(14)2)22(13-21(17)3)11-16(23)12-25-20-8-6-5-7-19(20)24-4/h5-10,13,16,23H,11-12H2,1-4H3/q+1/t16-/m0/s1. The van der Waals surface area contributed by atoms with Gasteiger partial charge in [0.15, 0.2) is 22.5 Å². The number of para-hydroxylation sites is 2. The first-order chi connectivity index (χ1) is 12.0. The molecule has 0 saturated carbocycles. The molecule has 3 rings (SSSR count). The number of aliphatic hydroxyl groups is 1. The molecule has 25 heavy (non-hydrogen) atoms. The summed E-state index contributed by atoms with van der Waals surface area (Å²) in [5.74, 6) is 1.30. The van der Waals surface area contributed by atoms with Crippen LogP contribution >= 0.6 is 0 Å². The second kappa shape index (κ2) is 7.15. The van der Waals surface area contributed by atoms with Gasteiger partial charge in [-0.25, -0.2) is 9.13 Å². The molecular weight excluding hydrogens is 316 g/mol. The third-order valence-electron chi connectivity index (χ3n) is 4.50. The van der Waals surface area contributed by atoms with Crippen molar-refractivity contribution < 1.29 is 19.1 Å².